The third kappa shape index (κ3) is 13.9. The SMILES string of the molecule is O=C(CCCCCCCCCCOC(=O)COc1ccccc1)OCCOc1ccccc1. The lowest BCUT2D eigenvalue weighted by Crippen LogP contribution is -2.15. The molecule has 2 rings (SSSR count). The molecule has 2 aromatic carbocycles. The molecule has 0 spiro atoms. The molecule has 0 N–H and O–H groups in total. The standard InChI is InChI=1S/C27H36O6/c28-26(32-22-21-30-24-15-9-7-10-16-24)19-13-5-3-1-2-4-6-14-20-31-27(29)23-33-25-17-11-8-12-18-25/h7-12,15-18H,1-6,13-14,19-23H2. The largest absolute Gasteiger partial charge is 0.490 e. The molecule has 0 aliphatic heterocycles. The van der Waals surface area contributed by atoms with Crippen LogP contribution in [0.3, 0.4) is 0 Å². The highest BCUT2D eigenvalue weighted by Crippen LogP contribution is 2.11. The summed E-state index contributed by atoms with van der Waals surface area (Å²) in [5.41, 5.74) is 0. The fourth-order valence-corrected chi connectivity index (χ4v) is 3.22. The lowest BCUT2D eigenvalue weighted by atomic mass is 10.1. The summed E-state index contributed by atoms with van der Waals surface area (Å²) in [6.45, 7) is 1.04. The Morgan fingerprint density at radius 2 is 1.03 bits per heavy atom. The summed E-state index contributed by atoms with van der Waals surface area (Å²) in [4.78, 5) is 23.4. The van der Waals surface area contributed by atoms with Gasteiger partial charge >= 0.3 is 11.9 Å². The number of unbranched alkanes of at least 4 members (excludes halogenated alkanes) is 7. The van der Waals surface area contributed by atoms with Crippen LogP contribution >= 0.6 is 0 Å². The minimum Gasteiger partial charge on any atom is -0.490 e. The van der Waals surface area contributed by atoms with Crippen LogP contribution in [-0.4, -0.2) is 38.4 Å². The van der Waals surface area contributed by atoms with Crippen molar-refractivity contribution < 1.29 is 28.5 Å². The first-order chi connectivity index (χ1) is 16.2. The summed E-state index contributed by atoms with van der Waals surface area (Å²) in [5.74, 6) is 0.958. The number of rotatable bonds is 18. The van der Waals surface area contributed by atoms with E-state index in [-0.39, 0.29) is 25.2 Å². The zero-order valence-electron chi connectivity index (χ0n) is 19.4. The van der Waals surface area contributed by atoms with Crippen LogP contribution in [-0.2, 0) is 19.1 Å². The van der Waals surface area contributed by atoms with Crippen molar-refractivity contribution >= 4 is 11.9 Å². The minimum atomic E-state index is -0.332. The highest BCUT2D eigenvalue weighted by Gasteiger charge is 2.04. The van der Waals surface area contributed by atoms with Crippen LogP contribution < -0.4 is 9.47 Å². The van der Waals surface area contributed by atoms with Crippen molar-refractivity contribution in [3.05, 3.63) is 60.7 Å². The maximum absolute atomic E-state index is 11.7. The lowest BCUT2D eigenvalue weighted by Gasteiger charge is -2.07. The number of hydrogen-bond donors (Lipinski definition) is 0. The molecule has 33 heavy (non-hydrogen) atoms. The predicted octanol–water partition coefficient (Wildman–Crippen LogP) is 5.74. The smallest absolute Gasteiger partial charge is 0.344 e. The molecule has 0 aliphatic rings. The third-order valence-corrected chi connectivity index (χ3v) is 5.00. The Balaban J connectivity index is 1.30. The Bertz CT molecular complexity index is 763. The van der Waals surface area contributed by atoms with Gasteiger partial charge in [0.2, 0.25) is 0 Å². The zero-order valence-corrected chi connectivity index (χ0v) is 19.4. The minimum absolute atomic E-state index is 0.0565. The lowest BCUT2D eigenvalue weighted by molar-refractivity contribution is -0.146. The highest BCUT2D eigenvalue weighted by atomic mass is 16.6. The second-order valence-corrected chi connectivity index (χ2v) is 7.78. The van der Waals surface area contributed by atoms with E-state index in [0.29, 0.717) is 25.4 Å². The second kappa shape index (κ2) is 17.5. The molecule has 0 aliphatic carbocycles. The number of para-hydroxylation sites is 2. The first-order valence-corrected chi connectivity index (χ1v) is 11.9. The predicted molar refractivity (Wildman–Crippen MR) is 127 cm³/mol. The van der Waals surface area contributed by atoms with Crippen molar-refractivity contribution in [2.75, 3.05) is 26.4 Å². The maximum atomic E-state index is 11.7. The van der Waals surface area contributed by atoms with Crippen LogP contribution in [0.5, 0.6) is 11.5 Å². The van der Waals surface area contributed by atoms with E-state index in [1.165, 1.54) is 0 Å². The highest BCUT2D eigenvalue weighted by molar-refractivity contribution is 5.71. The van der Waals surface area contributed by atoms with Gasteiger partial charge in [0.05, 0.1) is 6.61 Å². The molecule has 0 fully saturated rings. The molecule has 0 atom stereocenters. The van der Waals surface area contributed by atoms with E-state index in [0.717, 1.165) is 57.1 Å². The first kappa shape index (κ1) is 26.2. The average molecular weight is 457 g/mol. The van der Waals surface area contributed by atoms with Gasteiger partial charge in [0.1, 0.15) is 24.7 Å². The van der Waals surface area contributed by atoms with E-state index in [9.17, 15) is 9.59 Å². The first-order valence-electron chi connectivity index (χ1n) is 11.9. The molecule has 0 unspecified atom stereocenters. The molecule has 0 aromatic heterocycles. The Hall–Kier alpha value is -3.02. The normalized spacial score (nSPS) is 10.4. The molecule has 6 heteroatoms. The van der Waals surface area contributed by atoms with E-state index in [1.54, 1.807) is 0 Å². The zero-order chi connectivity index (χ0) is 23.4. The van der Waals surface area contributed by atoms with Gasteiger partial charge in [0.25, 0.3) is 0 Å². The monoisotopic (exact) mass is 456 g/mol. The van der Waals surface area contributed by atoms with Gasteiger partial charge < -0.3 is 18.9 Å². The molecule has 0 saturated heterocycles. The van der Waals surface area contributed by atoms with Gasteiger partial charge in [0, 0.05) is 6.42 Å². The van der Waals surface area contributed by atoms with Crippen LogP contribution in [0, 0.1) is 0 Å². The van der Waals surface area contributed by atoms with Crippen molar-refractivity contribution in [2.45, 2.75) is 57.8 Å². The summed E-state index contributed by atoms with van der Waals surface area (Å²) in [6, 6.07) is 18.7. The van der Waals surface area contributed by atoms with Crippen molar-refractivity contribution in [3.8, 4) is 11.5 Å². The molecular weight excluding hydrogens is 420 g/mol. The number of benzene rings is 2. The van der Waals surface area contributed by atoms with Crippen LogP contribution in [0.4, 0.5) is 0 Å². The van der Waals surface area contributed by atoms with Crippen molar-refractivity contribution in [3.63, 3.8) is 0 Å². The molecule has 0 radical (unpaired) electrons. The van der Waals surface area contributed by atoms with Crippen LogP contribution in [0.1, 0.15) is 57.8 Å². The van der Waals surface area contributed by atoms with Crippen LogP contribution in [0.15, 0.2) is 60.7 Å². The van der Waals surface area contributed by atoms with Crippen molar-refractivity contribution in [1.82, 2.24) is 0 Å². The number of ether oxygens (including phenoxy) is 4. The van der Waals surface area contributed by atoms with Gasteiger partial charge in [-0.05, 0) is 37.1 Å². The average Bonchev–Trinajstić information content (AvgIpc) is 2.85. The van der Waals surface area contributed by atoms with Crippen molar-refractivity contribution in [1.29, 1.82) is 0 Å². The van der Waals surface area contributed by atoms with E-state index < -0.39 is 0 Å². The summed E-state index contributed by atoms with van der Waals surface area (Å²) in [6.07, 6.45) is 8.84. The molecule has 0 saturated carbocycles. The van der Waals surface area contributed by atoms with Gasteiger partial charge in [0.15, 0.2) is 6.61 Å². The molecule has 0 heterocycles. The third-order valence-electron chi connectivity index (χ3n) is 5.00. The number of hydrogen-bond acceptors (Lipinski definition) is 6. The van der Waals surface area contributed by atoms with Crippen LogP contribution in [0.25, 0.3) is 0 Å². The molecule has 6 nitrogen and oxygen atoms in total. The fraction of sp³-hybridized carbons (Fsp3) is 0.481. The van der Waals surface area contributed by atoms with Crippen molar-refractivity contribution in [2.24, 2.45) is 0 Å². The number of esters is 2. The van der Waals surface area contributed by atoms with Gasteiger partial charge in [-0.2, -0.15) is 0 Å². The van der Waals surface area contributed by atoms with Gasteiger partial charge in [-0.3, -0.25) is 4.79 Å². The Kier molecular flexibility index (Phi) is 13.9. The van der Waals surface area contributed by atoms with Crippen LogP contribution in [0.2, 0.25) is 0 Å². The summed E-state index contributed by atoms with van der Waals surface area (Å²) in [5, 5.41) is 0. The van der Waals surface area contributed by atoms with Gasteiger partial charge in [-0.1, -0.05) is 74.9 Å². The summed E-state index contributed by atoms with van der Waals surface area (Å²) in [7, 11) is 0. The summed E-state index contributed by atoms with van der Waals surface area (Å²) >= 11 is 0. The Morgan fingerprint density at radius 1 is 0.515 bits per heavy atom. The topological polar surface area (TPSA) is 71.1 Å². The fourth-order valence-electron chi connectivity index (χ4n) is 3.22. The van der Waals surface area contributed by atoms with E-state index in [1.807, 2.05) is 60.7 Å². The molecule has 2 aromatic rings. The summed E-state index contributed by atoms with van der Waals surface area (Å²) < 4.78 is 21.2. The number of carbonyl (C=O) groups is 2. The quantitative estimate of drug-likeness (QED) is 0.210. The van der Waals surface area contributed by atoms with Gasteiger partial charge in [-0.25, -0.2) is 4.79 Å². The molecule has 0 amide bonds. The number of carbonyl (C=O) groups excluding carboxylic acids is 2. The van der Waals surface area contributed by atoms with E-state index >= 15 is 0 Å². The Labute approximate surface area is 197 Å². The van der Waals surface area contributed by atoms with Gasteiger partial charge in [-0.15, -0.1) is 0 Å². The van der Waals surface area contributed by atoms with E-state index in [2.05, 4.69) is 0 Å². The molecular formula is C27H36O6. The molecule has 180 valence electrons. The second-order valence-electron chi connectivity index (χ2n) is 7.78. The maximum Gasteiger partial charge on any atom is 0.344 e. The Morgan fingerprint density at radius 3 is 1.67 bits per heavy atom. The molecule has 0 bridgehead atoms. The van der Waals surface area contributed by atoms with E-state index in [4.69, 9.17) is 18.9 Å².